The Morgan fingerprint density at radius 1 is 1.21 bits per heavy atom. The molecule has 0 bridgehead atoms. The second-order valence-corrected chi connectivity index (χ2v) is 4.49. The molecule has 3 rings (SSSR count). The van der Waals surface area contributed by atoms with Crippen molar-refractivity contribution in [1.82, 2.24) is 15.9 Å². The van der Waals surface area contributed by atoms with Crippen LogP contribution < -0.4 is 21.3 Å². The van der Waals surface area contributed by atoms with Gasteiger partial charge in [0.25, 0.3) is 0 Å². The van der Waals surface area contributed by atoms with Crippen LogP contribution in [0.25, 0.3) is 11.4 Å². The van der Waals surface area contributed by atoms with Crippen LogP contribution in [0.2, 0.25) is 0 Å². The third kappa shape index (κ3) is 1.99. The van der Waals surface area contributed by atoms with E-state index < -0.39 is 0 Å². The number of hydrogen-bond acceptors (Lipinski definition) is 4. The van der Waals surface area contributed by atoms with Crippen molar-refractivity contribution in [2.75, 3.05) is 6.54 Å². The fourth-order valence-corrected chi connectivity index (χ4v) is 2.29. The fourth-order valence-electron chi connectivity index (χ4n) is 2.29. The lowest BCUT2D eigenvalue weighted by atomic mass is 10.0. The molecule has 0 aliphatic carbocycles. The van der Waals surface area contributed by atoms with Gasteiger partial charge in [-0.2, -0.15) is 5.53 Å². The zero-order valence-electron chi connectivity index (χ0n) is 10.6. The summed E-state index contributed by atoms with van der Waals surface area (Å²) in [6, 6.07) is 8.30. The highest BCUT2D eigenvalue weighted by Gasteiger charge is 2.12. The Balaban J connectivity index is 2.14. The van der Waals surface area contributed by atoms with Crippen LogP contribution in [0.3, 0.4) is 0 Å². The van der Waals surface area contributed by atoms with Gasteiger partial charge in [0.1, 0.15) is 0 Å². The van der Waals surface area contributed by atoms with Gasteiger partial charge >= 0.3 is 0 Å². The van der Waals surface area contributed by atoms with E-state index in [0.717, 1.165) is 17.0 Å². The first-order valence-corrected chi connectivity index (χ1v) is 6.14. The molecule has 0 saturated heterocycles. The van der Waals surface area contributed by atoms with Crippen LogP contribution in [0.5, 0.6) is 0 Å². The van der Waals surface area contributed by atoms with Crippen molar-refractivity contribution in [1.29, 1.82) is 5.53 Å². The van der Waals surface area contributed by atoms with E-state index in [0.29, 0.717) is 6.54 Å². The maximum atomic E-state index is 6.98. The van der Waals surface area contributed by atoms with Gasteiger partial charge in [-0.25, -0.2) is 0 Å². The molecule has 96 valence electrons. The number of nitrogens with one attached hydrogen (secondary N) is 3. The molecular formula is C14H15N5. The zero-order chi connectivity index (χ0) is 13.2. The summed E-state index contributed by atoms with van der Waals surface area (Å²) in [6.07, 6.45) is 5.83. The molecule has 0 amide bonds. The maximum absolute atomic E-state index is 6.98. The lowest BCUT2D eigenvalue weighted by Crippen LogP contribution is -2.46. The molecule has 19 heavy (non-hydrogen) atoms. The Kier molecular flexibility index (Phi) is 2.79. The summed E-state index contributed by atoms with van der Waals surface area (Å²) >= 11 is 0. The first-order chi connectivity index (χ1) is 9.29. The molecule has 0 radical (unpaired) electrons. The second kappa shape index (κ2) is 4.61. The van der Waals surface area contributed by atoms with E-state index in [2.05, 4.69) is 41.2 Å². The largest absolute Gasteiger partial charge is 0.305 e. The lowest BCUT2D eigenvalue weighted by Gasteiger charge is -2.22. The van der Waals surface area contributed by atoms with Crippen LogP contribution >= 0.6 is 0 Å². The van der Waals surface area contributed by atoms with Crippen molar-refractivity contribution >= 4 is 11.4 Å². The van der Waals surface area contributed by atoms with Crippen LogP contribution in [0.15, 0.2) is 53.4 Å². The van der Waals surface area contributed by atoms with Crippen LogP contribution in [0.4, 0.5) is 0 Å². The first kappa shape index (κ1) is 11.5. The predicted molar refractivity (Wildman–Crippen MR) is 73.5 cm³/mol. The van der Waals surface area contributed by atoms with Crippen LogP contribution in [0.1, 0.15) is 6.92 Å². The highest BCUT2D eigenvalue weighted by atomic mass is 15.5. The molecule has 5 nitrogen and oxygen atoms in total. The standard InChI is InChI=1S/C14H15N5/c1-10-12-4-2-3-5-13(12)14(17-16-10)11-6-8-19(18-15)9-7-11/h2-8,15-17H,9H2,1H3. The smallest absolute Gasteiger partial charge is 0.0689 e. The number of benzene rings is 1. The van der Waals surface area contributed by atoms with E-state index >= 15 is 0 Å². The SMILES string of the molecule is CC1=c2ccccc2=C(C2=CCN(N=N)C=C2)NN1. The summed E-state index contributed by atoms with van der Waals surface area (Å²) in [4.78, 5) is 0. The molecule has 5 heteroatoms. The molecule has 0 unspecified atom stereocenters. The number of rotatable bonds is 2. The summed E-state index contributed by atoms with van der Waals surface area (Å²) < 4.78 is 0. The Morgan fingerprint density at radius 3 is 2.68 bits per heavy atom. The molecule has 0 saturated carbocycles. The second-order valence-electron chi connectivity index (χ2n) is 4.49. The summed E-state index contributed by atoms with van der Waals surface area (Å²) in [5, 5.41) is 7.35. The average Bonchev–Trinajstić information content (AvgIpc) is 2.48. The van der Waals surface area contributed by atoms with E-state index in [4.69, 9.17) is 5.53 Å². The van der Waals surface area contributed by atoms with Gasteiger partial charge in [0.05, 0.1) is 12.2 Å². The molecule has 0 atom stereocenters. The number of hydrazine groups is 1. The van der Waals surface area contributed by atoms with E-state index in [1.807, 2.05) is 24.4 Å². The molecular weight excluding hydrogens is 238 g/mol. The van der Waals surface area contributed by atoms with Gasteiger partial charge in [-0.15, -0.1) is 0 Å². The minimum absolute atomic E-state index is 0.616. The van der Waals surface area contributed by atoms with E-state index in [1.165, 1.54) is 10.4 Å². The highest BCUT2D eigenvalue weighted by molar-refractivity contribution is 5.69. The Morgan fingerprint density at radius 2 is 2.00 bits per heavy atom. The third-order valence-corrected chi connectivity index (χ3v) is 3.32. The topological polar surface area (TPSA) is 63.5 Å². The van der Waals surface area contributed by atoms with Gasteiger partial charge in [0.2, 0.25) is 0 Å². The fraction of sp³-hybridized carbons (Fsp3) is 0.143. The molecule has 3 N–H and O–H groups in total. The molecule has 0 spiro atoms. The summed E-state index contributed by atoms with van der Waals surface area (Å²) in [5.74, 6) is 0. The lowest BCUT2D eigenvalue weighted by molar-refractivity contribution is 0.395. The summed E-state index contributed by atoms with van der Waals surface area (Å²) in [7, 11) is 0. The quantitative estimate of drug-likeness (QED) is 0.681. The molecule has 2 heterocycles. The minimum atomic E-state index is 0.616. The zero-order valence-corrected chi connectivity index (χ0v) is 10.6. The van der Waals surface area contributed by atoms with Gasteiger partial charge in [0.15, 0.2) is 0 Å². The molecule has 1 aromatic rings. The van der Waals surface area contributed by atoms with Crippen molar-refractivity contribution in [2.45, 2.75) is 6.92 Å². The summed E-state index contributed by atoms with van der Waals surface area (Å²) in [5.41, 5.74) is 16.7. The van der Waals surface area contributed by atoms with Crippen molar-refractivity contribution in [3.05, 3.63) is 58.6 Å². The number of fused-ring (bicyclic) bond motifs is 1. The first-order valence-electron chi connectivity index (χ1n) is 6.14. The van der Waals surface area contributed by atoms with Crippen molar-refractivity contribution in [2.24, 2.45) is 5.22 Å². The predicted octanol–water partition coefficient (Wildman–Crippen LogP) is 0.732. The molecule has 2 aliphatic rings. The third-order valence-electron chi connectivity index (χ3n) is 3.32. The van der Waals surface area contributed by atoms with Gasteiger partial charge < -0.3 is 5.43 Å². The van der Waals surface area contributed by atoms with Gasteiger partial charge in [-0.05, 0) is 18.6 Å². The van der Waals surface area contributed by atoms with Crippen molar-refractivity contribution in [3.8, 4) is 0 Å². The van der Waals surface area contributed by atoms with E-state index in [1.54, 1.807) is 5.01 Å². The molecule has 0 fully saturated rings. The maximum Gasteiger partial charge on any atom is 0.0689 e. The summed E-state index contributed by atoms with van der Waals surface area (Å²) in [6.45, 7) is 2.67. The van der Waals surface area contributed by atoms with E-state index in [9.17, 15) is 0 Å². The molecule has 2 aliphatic heterocycles. The Bertz CT molecular complexity index is 699. The molecule has 0 aromatic heterocycles. The number of hydrogen-bond donors (Lipinski definition) is 3. The van der Waals surface area contributed by atoms with E-state index in [-0.39, 0.29) is 0 Å². The van der Waals surface area contributed by atoms with Crippen LogP contribution in [0, 0.1) is 5.53 Å². The van der Waals surface area contributed by atoms with Crippen molar-refractivity contribution in [3.63, 3.8) is 0 Å². The highest BCUT2D eigenvalue weighted by Crippen LogP contribution is 2.14. The Labute approximate surface area is 111 Å². The monoisotopic (exact) mass is 253 g/mol. The molecule has 1 aromatic carbocycles. The van der Waals surface area contributed by atoms with Crippen LogP contribution in [-0.4, -0.2) is 11.6 Å². The Hall–Kier alpha value is -2.56. The van der Waals surface area contributed by atoms with Gasteiger partial charge in [-0.3, -0.25) is 10.4 Å². The van der Waals surface area contributed by atoms with Crippen LogP contribution in [-0.2, 0) is 0 Å². The van der Waals surface area contributed by atoms with Crippen molar-refractivity contribution < 1.29 is 0 Å². The van der Waals surface area contributed by atoms with Gasteiger partial charge in [0, 0.05) is 22.3 Å². The number of nitrogens with zero attached hydrogens (tertiary/aromatic N) is 2. The normalized spacial score (nSPS) is 17.3. The van der Waals surface area contributed by atoms with Gasteiger partial charge in [-0.1, -0.05) is 35.6 Å². The minimum Gasteiger partial charge on any atom is -0.305 e. The average molecular weight is 253 g/mol.